The third-order valence-electron chi connectivity index (χ3n) is 5.27. The number of piperidine rings is 1. The van der Waals surface area contributed by atoms with Crippen LogP contribution in [-0.2, 0) is 17.9 Å². The van der Waals surface area contributed by atoms with Crippen molar-refractivity contribution in [2.24, 2.45) is 0 Å². The van der Waals surface area contributed by atoms with Gasteiger partial charge in [0.2, 0.25) is 0 Å². The van der Waals surface area contributed by atoms with Crippen LogP contribution in [0.15, 0.2) is 36.5 Å². The molecule has 2 aliphatic rings. The molecule has 1 fully saturated rings. The monoisotopic (exact) mass is 403 g/mol. The minimum atomic E-state index is -2.51. The maximum Gasteiger partial charge on any atom is 0.250 e. The second-order valence-electron chi connectivity index (χ2n) is 7.42. The summed E-state index contributed by atoms with van der Waals surface area (Å²) in [6.45, 7) is 1.94. The predicted molar refractivity (Wildman–Crippen MR) is 105 cm³/mol. The molecule has 0 saturated carbocycles. The number of pyridine rings is 1. The third-order valence-corrected chi connectivity index (χ3v) is 5.50. The number of aromatic nitrogens is 1. The lowest BCUT2D eigenvalue weighted by atomic mass is 9.92. The Labute approximate surface area is 169 Å². The van der Waals surface area contributed by atoms with E-state index in [1.165, 1.54) is 0 Å². The van der Waals surface area contributed by atoms with Gasteiger partial charge in [-0.3, -0.25) is 9.88 Å². The summed E-state index contributed by atoms with van der Waals surface area (Å²) in [5.41, 5.74) is 4.16. The minimum absolute atomic E-state index is 0.0601. The van der Waals surface area contributed by atoms with E-state index >= 15 is 0 Å². The van der Waals surface area contributed by atoms with E-state index in [2.05, 4.69) is 34.2 Å². The van der Waals surface area contributed by atoms with Crippen LogP contribution >= 0.6 is 11.6 Å². The fourth-order valence-corrected chi connectivity index (χ4v) is 3.75. The van der Waals surface area contributed by atoms with E-state index in [-0.39, 0.29) is 18.9 Å². The summed E-state index contributed by atoms with van der Waals surface area (Å²) in [6.07, 6.45) is 7.33. The van der Waals surface area contributed by atoms with Gasteiger partial charge in [0, 0.05) is 45.1 Å². The molecule has 1 aromatic carbocycles. The van der Waals surface area contributed by atoms with Crippen LogP contribution in [0.2, 0.25) is 5.02 Å². The average Bonchev–Trinajstić information content (AvgIpc) is 2.69. The first-order valence-electron chi connectivity index (χ1n) is 9.50. The second kappa shape index (κ2) is 8.27. The molecule has 1 atom stereocenters. The number of hydrogen-bond donors (Lipinski definition) is 0. The maximum atomic E-state index is 13.4. The van der Waals surface area contributed by atoms with Gasteiger partial charge in [0.15, 0.2) is 0 Å². The Hall–Kier alpha value is -1.82. The van der Waals surface area contributed by atoms with Crippen molar-refractivity contribution in [1.29, 1.82) is 0 Å². The quantitative estimate of drug-likeness (QED) is 0.664. The van der Waals surface area contributed by atoms with Gasteiger partial charge < -0.3 is 4.74 Å². The van der Waals surface area contributed by atoms with E-state index in [1.54, 1.807) is 12.3 Å². The molecule has 1 unspecified atom stereocenters. The Kier molecular flexibility index (Phi) is 5.76. The number of benzene rings is 1. The minimum Gasteiger partial charge on any atom is -0.367 e. The molecule has 1 aliphatic carbocycles. The molecule has 1 radical (unpaired) electrons. The van der Waals surface area contributed by atoms with Crippen molar-refractivity contribution in [1.82, 2.24) is 9.88 Å². The highest BCUT2D eigenvalue weighted by Gasteiger charge is 2.33. The lowest BCUT2D eigenvalue weighted by Crippen LogP contribution is -2.38. The molecule has 0 bridgehead atoms. The standard InChI is InChI=1S/C22H22ClF2N2O/c23-18-6-7-19(26-13-18)15-28-21-3-1-2-17-5-4-16(12-20(17)21)14-27-10-8-22(24,25)9-11-27/h2,4-7,12-13,21H,3,8-11,14-15H2. The van der Waals surface area contributed by atoms with Crippen molar-refractivity contribution in [3.05, 3.63) is 70.0 Å². The molecule has 1 aliphatic heterocycles. The molecule has 1 aromatic heterocycles. The topological polar surface area (TPSA) is 25.4 Å². The summed E-state index contributed by atoms with van der Waals surface area (Å²) in [5.74, 6) is -2.51. The highest BCUT2D eigenvalue weighted by molar-refractivity contribution is 6.30. The first-order valence-corrected chi connectivity index (χ1v) is 9.88. The summed E-state index contributed by atoms with van der Waals surface area (Å²) in [6, 6.07) is 9.92. The largest absolute Gasteiger partial charge is 0.367 e. The fourth-order valence-electron chi connectivity index (χ4n) is 3.64. The highest BCUT2D eigenvalue weighted by atomic mass is 35.5. The SMILES string of the molecule is FC1(F)CCN(Cc2ccc3c(c2)C(OCc2ccc(Cl)cn2)C[C]=C3)CC1. The second-order valence-corrected chi connectivity index (χ2v) is 7.85. The van der Waals surface area contributed by atoms with Gasteiger partial charge in [-0.1, -0.05) is 35.9 Å². The van der Waals surface area contributed by atoms with Crippen molar-refractivity contribution >= 4 is 17.7 Å². The molecule has 147 valence electrons. The summed E-state index contributed by atoms with van der Waals surface area (Å²) in [4.78, 5) is 6.37. The van der Waals surface area contributed by atoms with Crippen LogP contribution in [-0.4, -0.2) is 28.9 Å². The molecular weight excluding hydrogens is 382 g/mol. The molecule has 3 nitrogen and oxygen atoms in total. The number of hydrogen-bond acceptors (Lipinski definition) is 3. The smallest absolute Gasteiger partial charge is 0.250 e. The van der Waals surface area contributed by atoms with Crippen LogP contribution in [0.3, 0.4) is 0 Å². The van der Waals surface area contributed by atoms with Crippen LogP contribution in [0.25, 0.3) is 6.08 Å². The lowest BCUT2D eigenvalue weighted by Gasteiger charge is -2.32. The molecule has 1 saturated heterocycles. The zero-order valence-electron chi connectivity index (χ0n) is 15.5. The Balaban J connectivity index is 1.43. The summed E-state index contributed by atoms with van der Waals surface area (Å²) in [7, 11) is 0. The molecule has 2 heterocycles. The van der Waals surface area contributed by atoms with E-state index in [0.717, 1.165) is 22.4 Å². The van der Waals surface area contributed by atoms with E-state index in [4.69, 9.17) is 16.3 Å². The zero-order chi connectivity index (χ0) is 19.6. The molecular formula is C22H22ClF2N2O. The van der Waals surface area contributed by atoms with Crippen molar-refractivity contribution in [2.75, 3.05) is 13.1 Å². The zero-order valence-corrected chi connectivity index (χ0v) is 16.3. The van der Waals surface area contributed by atoms with Gasteiger partial charge in [-0.2, -0.15) is 0 Å². The third kappa shape index (κ3) is 4.77. The normalized spacial score (nSPS) is 21.5. The van der Waals surface area contributed by atoms with Gasteiger partial charge in [-0.15, -0.1) is 0 Å². The lowest BCUT2D eigenvalue weighted by molar-refractivity contribution is -0.0566. The number of fused-ring (bicyclic) bond motifs is 1. The molecule has 0 amide bonds. The van der Waals surface area contributed by atoms with E-state index in [0.29, 0.717) is 37.7 Å². The summed E-state index contributed by atoms with van der Waals surface area (Å²) < 4.78 is 32.9. The van der Waals surface area contributed by atoms with E-state index in [1.807, 2.05) is 12.1 Å². The van der Waals surface area contributed by atoms with Crippen LogP contribution in [0.5, 0.6) is 0 Å². The van der Waals surface area contributed by atoms with E-state index < -0.39 is 5.92 Å². The summed E-state index contributed by atoms with van der Waals surface area (Å²) >= 11 is 5.88. The molecule has 28 heavy (non-hydrogen) atoms. The molecule has 0 spiro atoms. The van der Waals surface area contributed by atoms with Crippen molar-refractivity contribution in [3.63, 3.8) is 0 Å². The van der Waals surface area contributed by atoms with Crippen molar-refractivity contribution in [2.45, 2.75) is 44.4 Å². The average molecular weight is 404 g/mol. The van der Waals surface area contributed by atoms with Crippen molar-refractivity contribution < 1.29 is 13.5 Å². The molecule has 0 N–H and O–H groups in total. The Morgan fingerprint density at radius 2 is 2.04 bits per heavy atom. The summed E-state index contributed by atoms with van der Waals surface area (Å²) in [5, 5.41) is 0.600. The molecule has 4 rings (SSSR count). The molecule has 6 heteroatoms. The van der Waals surface area contributed by atoms with Crippen LogP contribution < -0.4 is 0 Å². The van der Waals surface area contributed by atoms with Crippen LogP contribution in [0, 0.1) is 6.08 Å². The Bertz CT molecular complexity index is 844. The maximum absolute atomic E-state index is 13.4. The van der Waals surface area contributed by atoms with Gasteiger partial charge >= 0.3 is 0 Å². The van der Waals surface area contributed by atoms with Crippen LogP contribution in [0.1, 0.15) is 47.8 Å². The predicted octanol–water partition coefficient (Wildman–Crippen LogP) is 5.44. The van der Waals surface area contributed by atoms with Crippen molar-refractivity contribution in [3.8, 4) is 0 Å². The Morgan fingerprint density at radius 3 is 2.79 bits per heavy atom. The number of likely N-dealkylation sites (tertiary alicyclic amines) is 1. The van der Waals surface area contributed by atoms with Gasteiger partial charge in [0.25, 0.3) is 5.92 Å². The first-order chi connectivity index (χ1) is 13.5. The number of nitrogens with zero attached hydrogens (tertiary/aromatic N) is 2. The number of ether oxygens (including phenoxy) is 1. The van der Waals surface area contributed by atoms with Gasteiger partial charge in [0.05, 0.1) is 23.4 Å². The molecule has 2 aromatic rings. The highest BCUT2D eigenvalue weighted by Crippen LogP contribution is 2.33. The van der Waals surface area contributed by atoms with Gasteiger partial charge in [0.1, 0.15) is 0 Å². The van der Waals surface area contributed by atoms with Crippen LogP contribution in [0.4, 0.5) is 8.78 Å². The first kappa shape index (κ1) is 19.5. The fraction of sp³-hybridized carbons (Fsp3) is 0.409. The number of halogens is 3. The van der Waals surface area contributed by atoms with Gasteiger partial charge in [-0.25, -0.2) is 8.78 Å². The number of rotatable bonds is 5. The number of alkyl halides is 2. The Morgan fingerprint density at radius 1 is 1.21 bits per heavy atom. The van der Waals surface area contributed by atoms with E-state index in [9.17, 15) is 8.78 Å². The van der Waals surface area contributed by atoms with Gasteiger partial charge in [-0.05, 0) is 34.9 Å².